The number of hydrogen-bond acceptors (Lipinski definition) is 5. The Morgan fingerprint density at radius 1 is 1.34 bits per heavy atom. The second kappa shape index (κ2) is 7.31. The highest BCUT2D eigenvalue weighted by molar-refractivity contribution is 6.50. The number of halogens is 2. The number of nitrogens with zero attached hydrogens (tertiary/aromatic N) is 4. The highest BCUT2D eigenvalue weighted by Gasteiger charge is 2.58. The lowest BCUT2D eigenvalue weighted by atomic mass is 10.1. The quantitative estimate of drug-likeness (QED) is 0.612. The summed E-state index contributed by atoms with van der Waals surface area (Å²) in [5.74, 6) is -1.32. The number of hydrogen-bond donors (Lipinski definition) is 2. The number of carbonyl (C=O) groups excluding carboxylic acids is 2. The summed E-state index contributed by atoms with van der Waals surface area (Å²) in [5.41, 5.74) is 0.968. The van der Waals surface area contributed by atoms with E-state index in [4.69, 9.17) is 23.2 Å². The van der Waals surface area contributed by atoms with Crippen LogP contribution in [0.3, 0.4) is 0 Å². The van der Waals surface area contributed by atoms with Crippen molar-refractivity contribution >= 4 is 51.9 Å². The van der Waals surface area contributed by atoms with Crippen molar-refractivity contribution in [1.82, 2.24) is 25.0 Å². The summed E-state index contributed by atoms with van der Waals surface area (Å²) in [6.07, 6.45) is 3.64. The first-order valence-corrected chi connectivity index (χ1v) is 11.4. The number of rotatable bonds is 6. The molecule has 2 aromatic heterocycles. The highest BCUT2D eigenvalue weighted by Crippen LogP contribution is 2.55. The zero-order valence-electron chi connectivity index (χ0n) is 17.6. The SMILES string of the molecule is Cc1nccc2c(C(=O)O)nn(CC(=O)N3[C@@H]4C[C@@H]4C[C@H]3C(=O)N[C@H](C)[C@H]3CC3(Cl)Cl)c12. The molecule has 0 radical (unpaired) electrons. The molecule has 0 unspecified atom stereocenters. The number of piperidine rings is 1. The van der Waals surface area contributed by atoms with Crippen LogP contribution in [0.15, 0.2) is 12.3 Å². The number of fused-ring (bicyclic) bond motifs is 2. The van der Waals surface area contributed by atoms with Crippen molar-refractivity contribution in [3.63, 3.8) is 0 Å². The lowest BCUT2D eigenvalue weighted by molar-refractivity contribution is -0.140. The largest absolute Gasteiger partial charge is 0.476 e. The van der Waals surface area contributed by atoms with Gasteiger partial charge in [-0.1, -0.05) is 0 Å². The first kappa shape index (κ1) is 21.5. The van der Waals surface area contributed by atoms with Gasteiger partial charge < -0.3 is 15.3 Å². The van der Waals surface area contributed by atoms with Crippen molar-refractivity contribution in [2.24, 2.45) is 11.8 Å². The zero-order chi connectivity index (χ0) is 22.9. The molecular weight excluding hydrogens is 457 g/mol. The lowest BCUT2D eigenvalue weighted by Gasteiger charge is -2.28. The normalized spacial score (nSPS) is 28.3. The molecule has 2 saturated carbocycles. The molecule has 3 aliphatic rings. The van der Waals surface area contributed by atoms with Gasteiger partial charge in [0.2, 0.25) is 11.8 Å². The molecule has 2 amide bonds. The summed E-state index contributed by atoms with van der Waals surface area (Å²) < 4.78 is 0.588. The maximum absolute atomic E-state index is 13.3. The third-order valence-electron chi connectivity index (χ3n) is 6.87. The standard InChI is InChI=1S/C21H23Cl2N5O4/c1-9(13-7-21(13,22)23)25-19(30)15-6-11-5-14(11)28(15)16(29)8-27-18-10(2)24-4-3-12(18)17(26-27)20(31)32/h3-4,9,11,13-15H,5-8H2,1-2H3,(H,25,30)(H,31,32)/t9-,11-,13-,14-,15+/m1/s1. The third-order valence-corrected chi connectivity index (χ3v) is 7.74. The number of aryl methyl sites for hydroxylation is 1. The van der Waals surface area contributed by atoms with Crippen LogP contribution in [0.5, 0.6) is 0 Å². The van der Waals surface area contributed by atoms with E-state index < -0.39 is 16.3 Å². The minimum absolute atomic E-state index is 0.00442. The van der Waals surface area contributed by atoms with E-state index in [1.54, 1.807) is 17.9 Å². The van der Waals surface area contributed by atoms with Crippen LogP contribution in [0.25, 0.3) is 10.9 Å². The Bertz CT molecular complexity index is 1150. The number of carboxylic acids is 1. The van der Waals surface area contributed by atoms with Gasteiger partial charge in [-0.2, -0.15) is 5.10 Å². The molecule has 11 heteroatoms. The molecule has 170 valence electrons. The van der Waals surface area contributed by atoms with Crippen molar-refractivity contribution in [1.29, 1.82) is 0 Å². The molecule has 3 fully saturated rings. The molecule has 1 saturated heterocycles. The average Bonchev–Trinajstić information content (AvgIpc) is 3.51. The Balaban J connectivity index is 1.36. The summed E-state index contributed by atoms with van der Waals surface area (Å²) >= 11 is 12.2. The van der Waals surface area contributed by atoms with Crippen LogP contribution in [-0.4, -0.2) is 65.0 Å². The van der Waals surface area contributed by atoms with E-state index in [9.17, 15) is 19.5 Å². The van der Waals surface area contributed by atoms with Crippen LogP contribution < -0.4 is 5.32 Å². The van der Waals surface area contributed by atoms with Crippen LogP contribution in [0, 0.1) is 18.8 Å². The van der Waals surface area contributed by atoms with Crippen LogP contribution in [0.1, 0.15) is 42.4 Å². The Morgan fingerprint density at radius 3 is 2.72 bits per heavy atom. The number of pyridine rings is 1. The smallest absolute Gasteiger partial charge is 0.357 e. The molecule has 0 spiro atoms. The summed E-state index contributed by atoms with van der Waals surface area (Å²) in [6.45, 7) is 3.46. The topological polar surface area (TPSA) is 117 Å². The molecule has 5 atom stereocenters. The fraction of sp³-hybridized carbons (Fsp3) is 0.571. The molecule has 0 bridgehead atoms. The van der Waals surface area contributed by atoms with Crippen molar-refractivity contribution < 1.29 is 19.5 Å². The van der Waals surface area contributed by atoms with Gasteiger partial charge in [0.1, 0.15) is 16.9 Å². The maximum Gasteiger partial charge on any atom is 0.357 e. The predicted octanol–water partition coefficient (Wildman–Crippen LogP) is 2.13. The number of alkyl halides is 2. The van der Waals surface area contributed by atoms with E-state index in [1.807, 2.05) is 6.92 Å². The zero-order valence-corrected chi connectivity index (χ0v) is 19.1. The third kappa shape index (κ3) is 3.51. The van der Waals surface area contributed by atoms with Crippen LogP contribution in [0.4, 0.5) is 0 Å². The predicted molar refractivity (Wildman–Crippen MR) is 117 cm³/mol. The fourth-order valence-electron chi connectivity index (χ4n) is 5.03. The van der Waals surface area contributed by atoms with Gasteiger partial charge in [0, 0.05) is 29.6 Å². The van der Waals surface area contributed by atoms with Crippen LogP contribution in [-0.2, 0) is 16.1 Å². The van der Waals surface area contributed by atoms with Crippen molar-refractivity contribution in [3.05, 3.63) is 23.7 Å². The molecule has 3 heterocycles. The first-order chi connectivity index (χ1) is 15.1. The summed E-state index contributed by atoms with van der Waals surface area (Å²) in [5, 5.41) is 17.1. The Labute approximate surface area is 194 Å². The van der Waals surface area contributed by atoms with Gasteiger partial charge in [0.05, 0.1) is 11.2 Å². The number of carboxylic acid groups (broad SMARTS) is 1. The molecule has 2 aliphatic carbocycles. The van der Waals surface area contributed by atoms with Crippen molar-refractivity contribution in [2.75, 3.05) is 0 Å². The summed E-state index contributed by atoms with van der Waals surface area (Å²) in [4.78, 5) is 43.8. The van der Waals surface area contributed by atoms with Gasteiger partial charge in [-0.25, -0.2) is 4.79 Å². The Hall–Kier alpha value is -2.39. The number of nitrogens with one attached hydrogen (secondary N) is 1. The Kier molecular flexibility index (Phi) is 4.90. The second-order valence-electron chi connectivity index (χ2n) is 9.09. The summed E-state index contributed by atoms with van der Waals surface area (Å²) in [6, 6.07) is 0.867. The fourth-order valence-corrected chi connectivity index (χ4v) is 5.74. The highest BCUT2D eigenvalue weighted by atomic mass is 35.5. The molecule has 9 nitrogen and oxygen atoms in total. The molecule has 5 rings (SSSR count). The maximum atomic E-state index is 13.3. The molecule has 1 aliphatic heterocycles. The number of aromatic carboxylic acids is 1. The van der Waals surface area contributed by atoms with Gasteiger partial charge in [-0.15, -0.1) is 23.2 Å². The summed E-state index contributed by atoms with van der Waals surface area (Å²) in [7, 11) is 0. The minimum atomic E-state index is -1.17. The average molecular weight is 480 g/mol. The van der Waals surface area contributed by atoms with Gasteiger partial charge in [-0.3, -0.25) is 19.3 Å². The van der Waals surface area contributed by atoms with E-state index in [0.29, 0.717) is 35.4 Å². The number of aromatic nitrogens is 3. The van der Waals surface area contributed by atoms with E-state index in [0.717, 1.165) is 6.42 Å². The molecule has 2 aromatic rings. The van der Waals surface area contributed by atoms with Gasteiger partial charge >= 0.3 is 5.97 Å². The molecule has 0 aromatic carbocycles. The van der Waals surface area contributed by atoms with Gasteiger partial charge in [0.25, 0.3) is 0 Å². The number of amides is 2. The van der Waals surface area contributed by atoms with Gasteiger partial charge in [-0.05, 0) is 45.1 Å². The molecule has 32 heavy (non-hydrogen) atoms. The molecular formula is C21H23Cl2N5O4. The van der Waals surface area contributed by atoms with E-state index in [-0.39, 0.29) is 42.1 Å². The van der Waals surface area contributed by atoms with Crippen molar-refractivity contribution in [3.8, 4) is 0 Å². The van der Waals surface area contributed by atoms with E-state index in [1.165, 1.54) is 10.9 Å². The van der Waals surface area contributed by atoms with Crippen LogP contribution in [0.2, 0.25) is 0 Å². The van der Waals surface area contributed by atoms with Gasteiger partial charge in [0.15, 0.2) is 5.69 Å². The first-order valence-electron chi connectivity index (χ1n) is 10.6. The monoisotopic (exact) mass is 479 g/mol. The van der Waals surface area contributed by atoms with E-state index in [2.05, 4.69) is 15.4 Å². The van der Waals surface area contributed by atoms with Crippen LogP contribution >= 0.6 is 23.2 Å². The van der Waals surface area contributed by atoms with E-state index >= 15 is 0 Å². The number of carbonyl (C=O) groups is 3. The van der Waals surface area contributed by atoms with Crippen molar-refractivity contribution in [2.45, 2.75) is 62.1 Å². The minimum Gasteiger partial charge on any atom is -0.476 e. The lowest BCUT2D eigenvalue weighted by Crippen LogP contribution is -2.51. The second-order valence-corrected chi connectivity index (χ2v) is 10.6. The molecule has 2 N–H and O–H groups in total. The Morgan fingerprint density at radius 2 is 2.06 bits per heavy atom. The number of likely N-dealkylation sites (tertiary alicyclic amines) is 1.